The summed E-state index contributed by atoms with van der Waals surface area (Å²) in [6.45, 7) is 4.07. The largest absolute Gasteiger partial charge is 0.489 e. The third kappa shape index (κ3) is 4.61. The normalized spacial score (nSPS) is 15.8. The molecule has 0 unspecified atom stereocenters. The number of hydrogen-bond donors (Lipinski definition) is 0. The van der Waals surface area contributed by atoms with Crippen molar-refractivity contribution in [3.63, 3.8) is 0 Å². The zero-order valence-electron chi connectivity index (χ0n) is 17.7. The fourth-order valence-corrected chi connectivity index (χ4v) is 3.80. The lowest BCUT2D eigenvalue weighted by Crippen LogP contribution is -2.43. The van der Waals surface area contributed by atoms with E-state index in [1.165, 1.54) is 0 Å². The number of fused-ring (bicyclic) bond motifs is 1. The number of amides is 1. The van der Waals surface area contributed by atoms with Crippen molar-refractivity contribution >= 4 is 17.6 Å². The Bertz CT molecular complexity index is 1060. The first-order valence-corrected chi connectivity index (χ1v) is 10.4. The summed E-state index contributed by atoms with van der Waals surface area (Å²) >= 11 is 0. The van der Waals surface area contributed by atoms with Crippen LogP contribution in [0.3, 0.4) is 0 Å². The summed E-state index contributed by atoms with van der Waals surface area (Å²) in [5, 5.41) is 0. The van der Waals surface area contributed by atoms with Gasteiger partial charge in [-0.05, 0) is 61.7 Å². The van der Waals surface area contributed by atoms with Gasteiger partial charge in [-0.15, -0.1) is 0 Å². The minimum atomic E-state index is -0.880. The molecule has 0 fully saturated rings. The summed E-state index contributed by atoms with van der Waals surface area (Å²) < 4.78 is 11.2. The quantitative estimate of drug-likeness (QED) is 0.543. The molecule has 1 heterocycles. The SMILES string of the molecule is C[C@@H]1Cc2ccccc2N1C(=O)[C@@H](C)OC(=O)c1ccc(OCc2ccccc2)cc1. The Morgan fingerprint density at radius 2 is 1.65 bits per heavy atom. The van der Waals surface area contributed by atoms with Crippen LogP contribution in [-0.2, 0) is 22.6 Å². The monoisotopic (exact) mass is 415 g/mol. The van der Waals surface area contributed by atoms with Gasteiger partial charge in [0.1, 0.15) is 12.4 Å². The molecule has 1 aliphatic heterocycles. The molecular formula is C26H25NO4. The Labute approximate surface area is 182 Å². The highest BCUT2D eigenvalue weighted by Crippen LogP contribution is 2.32. The number of nitrogens with zero attached hydrogens (tertiary/aromatic N) is 1. The van der Waals surface area contributed by atoms with Crippen LogP contribution in [0.25, 0.3) is 0 Å². The smallest absolute Gasteiger partial charge is 0.338 e. The Kier molecular flexibility index (Phi) is 6.03. The van der Waals surface area contributed by atoms with Crippen LogP contribution in [0.5, 0.6) is 5.75 Å². The molecule has 0 saturated carbocycles. The summed E-state index contributed by atoms with van der Waals surface area (Å²) in [4.78, 5) is 27.3. The molecule has 0 N–H and O–H groups in total. The average Bonchev–Trinajstić information content (AvgIpc) is 3.13. The van der Waals surface area contributed by atoms with E-state index < -0.39 is 12.1 Å². The maximum absolute atomic E-state index is 13.0. The Morgan fingerprint density at radius 1 is 0.968 bits per heavy atom. The van der Waals surface area contributed by atoms with E-state index in [9.17, 15) is 9.59 Å². The minimum Gasteiger partial charge on any atom is -0.489 e. The predicted molar refractivity (Wildman–Crippen MR) is 119 cm³/mol. The summed E-state index contributed by atoms with van der Waals surface area (Å²) in [7, 11) is 0. The zero-order valence-corrected chi connectivity index (χ0v) is 17.7. The highest BCUT2D eigenvalue weighted by atomic mass is 16.5. The first-order chi connectivity index (χ1) is 15.0. The standard InChI is InChI=1S/C26H25NO4/c1-18-16-22-10-6-7-11-24(22)27(18)25(28)19(2)31-26(29)21-12-14-23(15-13-21)30-17-20-8-4-3-5-9-20/h3-15,18-19H,16-17H2,1-2H3/t18-,19-/m1/s1. The van der Waals surface area contributed by atoms with E-state index >= 15 is 0 Å². The Hall–Kier alpha value is -3.60. The second-order valence-corrected chi connectivity index (χ2v) is 7.74. The lowest BCUT2D eigenvalue weighted by Gasteiger charge is -2.26. The highest BCUT2D eigenvalue weighted by Gasteiger charge is 2.34. The number of rotatable bonds is 6. The van der Waals surface area contributed by atoms with E-state index in [4.69, 9.17) is 9.47 Å². The molecule has 158 valence electrons. The number of para-hydroxylation sites is 1. The lowest BCUT2D eigenvalue weighted by molar-refractivity contribution is -0.126. The summed E-state index contributed by atoms with van der Waals surface area (Å²) in [5.74, 6) is -0.0868. The topological polar surface area (TPSA) is 55.8 Å². The molecule has 31 heavy (non-hydrogen) atoms. The van der Waals surface area contributed by atoms with Crippen molar-refractivity contribution in [2.24, 2.45) is 0 Å². The maximum Gasteiger partial charge on any atom is 0.338 e. The fourth-order valence-electron chi connectivity index (χ4n) is 3.80. The van der Waals surface area contributed by atoms with Crippen LogP contribution in [0.1, 0.15) is 35.3 Å². The van der Waals surface area contributed by atoms with Crippen molar-refractivity contribution in [2.75, 3.05) is 4.90 Å². The molecule has 1 aliphatic rings. The number of carbonyl (C=O) groups is 2. The molecule has 5 heteroatoms. The van der Waals surface area contributed by atoms with Crippen LogP contribution in [0.15, 0.2) is 78.9 Å². The second-order valence-electron chi connectivity index (χ2n) is 7.74. The summed E-state index contributed by atoms with van der Waals surface area (Å²) in [5.41, 5.74) is 3.47. The highest BCUT2D eigenvalue weighted by molar-refractivity contribution is 6.00. The Balaban J connectivity index is 1.36. The molecule has 4 rings (SSSR count). The van der Waals surface area contributed by atoms with E-state index in [1.54, 1.807) is 36.1 Å². The Morgan fingerprint density at radius 3 is 2.39 bits per heavy atom. The third-order valence-corrected chi connectivity index (χ3v) is 5.41. The first kappa shape index (κ1) is 20.7. The van der Waals surface area contributed by atoms with Crippen LogP contribution in [0.4, 0.5) is 5.69 Å². The molecule has 2 atom stereocenters. The molecule has 0 aromatic heterocycles. The molecular weight excluding hydrogens is 390 g/mol. The van der Waals surface area contributed by atoms with Gasteiger partial charge in [0.2, 0.25) is 0 Å². The van der Waals surface area contributed by atoms with E-state index in [0.717, 1.165) is 23.2 Å². The third-order valence-electron chi connectivity index (χ3n) is 5.41. The van der Waals surface area contributed by atoms with Crippen molar-refractivity contribution in [2.45, 2.75) is 39.0 Å². The van der Waals surface area contributed by atoms with Crippen molar-refractivity contribution in [1.82, 2.24) is 0 Å². The summed E-state index contributed by atoms with van der Waals surface area (Å²) in [6.07, 6.45) is -0.0809. The van der Waals surface area contributed by atoms with E-state index in [0.29, 0.717) is 17.9 Å². The molecule has 1 amide bonds. The van der Waals surface area contributed by atoms with Gasteiger partial charge in [0.05, 0.1) is 5.56 Å². The number of esters is 1. The summed E-state index contributed by atoms with van der Waals surface area (Å²) in [6, 6.07) is 24.5. The van der Waals surface area contributed by atoms with Gasteiger partial charge in [0, 0.05) is 11.7 Å². The predicted octanol–water partition coefficient (Wildman–Crippen LogP) is 4.79. The van der Waals surface area contributed by atoms with E-state index in [-0.39, 0.29) is 11.9 Å². The number of anilines is 1. The van der Waals surface area contributed by atoms with Crippen molar-refractivity contribution in [3.8, 4) is 5.75 Å². The maximum atomic E-state index is 13.0. The van der Waals surface area contributed by atoms with Crippen LogP contribution in [0.2, 0.25) is 0 Å². The molecule has 0 saturated heterocycles. The van der Waals surface area contributed by atoms with Crippen molar-refractivity contribution in [3.05, 3.63) is 95.6 Å². The van der Waals surface area contributed by atoms with Crippen LogP contribution in [-0.4, -0.2) is 24.0 Å². The molecule has 3 aromatic rings. The molecule has 3 aromatic carbocycles. The van der Waals surface area contributed by atoms with Gasteiger partial charge in [0.25, 0.3) is 5.91 Å². The number of benzene rings is 3. The van der Waals surface area contributed by atoms with Crippen molar-refractivity contribution < 1.29 is 19.1 Å². The number of hydrogen-bond acceptors (Lipinski definition) is 4. The molecule has 5 nitrogen and oxygen atoms in total. The van der Waals surface area contributed by atoms with Gasteiger partial charge in [-0.2, -0.15) is 0 Å². The van der Waals surface area contributed by atoms with Gasteiger partial charge in [-0.3, -0.25) is 4.79 Å². The van der Waals surface area contributed by atoms with Gasteiger partial charge in [0.15, 0.2) is 6.10 Å². The zero-order chi connectivity index (χ0) is 21.8. The molecule has 0 aliphatic carbocycles. The first-order valence-electron chi connectivity index (χ1n) is 10.4. The number of ether oxygens (including phenoxy) is 2. The molecule has 0 spiro atoms. The van der Waals surface area contributed by atoms with Crippen LogP contribution < -0.4 is 9.64 Å². The number of carbonyl (C=O) groups excluding carboxylic acids is 2. The van der Waals surface area contributed by atoms with Gasteiger partial charge in [-0.25, -0.2) is 4.79 Å². The van der Waals surface area contributed by atoms with Gasteiger partial charge < -0.3 is 14.4 Å². The second kappa shape index (κ2) is 9.04. The molecule has 0 radical (unpaired) electrons. The average molecular weight is 415 g/mol. The minimum absolute atomic E-state index is 0.0344. The van der Waals surface area contributed by atoms with E-state index in [1.807, 2.05) is 61.5 Å². The van der Waals surface area contributed by atoms with Crippen LogP contribution >= 0.6 is 0 Å². The molecule has 0 bridgehead atoms. The van der Waals surface area contributed by atoms with E-state index in [2.05, 4.69) is 0 Å². The van der Waals surface area contributed by atoms with Gasteiger partial charge >= 0.3 is 5.97 Å². The van der Waals surface area contributed by atoms with Crippen molar-refractivity contribution in [1.29, 1.82) is 0 Å². The fraction of sp³-hybridized carbons (Fsp3) is 0.231. The lowest BCUT2D eigenvalue weighted by atomic mass is 10.1. The van der Waals surface area contributed by atoms with Crippen LogP contribution in [0, 0.1) is 0 Å². The van der Waals surface area contributed by atoms with Gasteiger partial charge in [-0.1, -0.05) is 48.5 Å².